The number of nitrogens with zero attached hydrogens (tertiary/aromatic N) is 3. The molecule has 2 aliphatic rings. The molecule has 0 bridgehead atoms. The maximum atomic E-state index is 12.6. The van der Waals surface area contributed by atoms with Crippen LogP contribution in [0.3, 0.4) is 0 Å². The highest BCUT2D eigenvalue weighted by atomic mass is 31.2. The summed E-state index contributed by atoms with van der Waals surface area (Å²) in [5.41, 5.74) is 1.87. The molecule has 2 fully saturated rings. The zero-order valence-corrected chi connectivity index (χ0v) is 44.0. The fraction of sp³-hybridized carbons (Fsp3) is 0.700. The third-order valence-corrected chi connectivity index (χ3v) is 14.5. The number of allylic oxidation sites excluding steroid dienone is 7. The fourth-order valence-electron chi connectivity index (χ4n) is 8.96. The topological polar surface area (TPSA) is 287 Å². The van der Waals surface area contributed by atoms with Crippen molar-refractivity contribution in [1.82, 2.24) is 15.2 Å². The molecule has 20 heteroatoms. The molecule has 70 heavy (non-hydrogen) atoms. The van der Waals surface area contributed by atoms with Gasteiger partial charge in [-0.1, -0.05) is 77.5 Å². The van der Waals surface area contributed by atoms with Crippen LogP contribution in [0.2, 0.25) is 0 Å². The number of oxazole rings is 1. The van der Waals surface area contributed by atoms with Gasteiger partial charge >= 0.3 is 7.82 Å². The first-order valence-corrected chi connectivity index (χ1v) is 25.4. The van der Waals surface area contributed by atoms with Crippen molar-refractivity contribution in [3.8, 4) is 6.07 Å². The number of amides is 1. The van der Waals surface area contributed by atoms with Gasteiger partial charge in [-0.2, -0.15) is 5.26 Å². The van der Waals surface area contributed by atoms with Crippen molar-refractivity contribution in [2.24, 2.45) is 23.2 Å². The first-order valence-electron chi connectivity index (χ1n) is 23.8. The molecule has 0 radical (unpaired) electrons. The minimum Gasteiger partial charge on any atom is -0.448 e. The summed E-state index contributed by atoms with van der Waals surface area (Å²) in [6, 6.07) is 1.40. The number of hydrogen-bond acceptors (Lipinski definition) is 16. The Labute approximate surface area is 414 Å². The SMILES string of the molecule is COC[C@@H]([C@H](O)[C@H](O)C(=O)NCC[C@H](C)c1nc(/C=C/C[C@@H]2O[C@]3(C[C@H](O)[C@H]2C)O[C@H]([C@H](C[C@H](O)[C@@H](C)[C@H](O)[C@H](C)/C=C(C)/C(C)=C/C=C/C(C)=C/C#N)OC)[C@@H](OP(=O)(O)O)C3(C)C)co1)N(C)C. The summed E-state index contributed by atoms with van der Waals surface area (Å²) in [6.07, 6.45) is 4.10. The lowest BCUT2D eigenvalue weighted by Crippen LogP contribution is -2.58. The van der Waals surface area contributed by atoms with Gasteiger partial charge in [-0.15, -0.1) is 0 Å². The Balaban J connectivity index is 1.74. The Morgan fingerprint density at radius 2 is 1.76 bits per heavy atom. The fourth-order valence-corrected chi connectivity index (χ4v) is 9.64. The minimum atomic E-state index is -5.15. The molecular formula is C50H81N4O15P. The van der Waals surface area contributed by atoms with E-state index in [1.54, 1.807) is 45.8 Å². The van der Waals surface area contributed by atoms with Gasteiger partial charge < -0.3 is 68.9 Å². The number of phosphoric acid groups is 1. The van der Waals surface area contributed by atoms with Crippen LogP contribution in [0.1, 0.15) is 105 Å². The van der Waals surface area contributed by atoms with Gasteiger partial charge in [0.05, 0.1) is 49.2 Å². The molecule has 3 heterocycles. The van der Waals surface area contributed by atoms with E-state index in [1.165, 1.54) is 26.6 Å². The summed E-state index contributed by atoms with van der Waals surface area (Å²) in [5.74, 6) is -3.63. The molecule has 15 atom stereocenters. The third kappa shape index (κ3) is 16.3. The molecule has 0 unspecified atom stereocenters. The van der Waals surface area contributed by atoms with Crippen LogP contribution in [0.25, 0.3) is 6.08 Å². The second-order valence-electron chi connectivity index (χ2n) is 19.9. The van der Waals surface area contributed by atoms with Gasteiger partial charge in [0, 0.05) is 68.8 Å². The number of hydrogen-bond donors (Lipinski definition) is 8. The van der Waals surface area contributed by atoms with E-state index in [2.05, 4.69) is 10.3 Å². The number of carbonyl (C=O) groups is 1. The smallest absolute Gasteiger partial charge is 0.448 e. The van der Waals surface area contributed by atoms with E-state index in [-0.39, 0.29) is 44.2 Å². The lowest BCUT2D eigenvalue weighted by Gasteiger charge is -2.50. The number of likely N-dealkylation sites (N-methyl/N-ethyl adjacent to an activating group) is 1. The Bertz CT molecular complexity index is 2080. The first-order chi connectivity index (χ1) is 32.6. The highest BCUT2D eigenvalue weighted by Gasteiger charge is 2.68. The van der Waals surface area contributed by atoms with Crippen LogP contribution < -0.4 is 5.32 Å². The number of aliphatic hydroxyl groups excluding tert-OH is 5. The summed E-state index contributed by atoms with van der Waals surface area (Å²) in [4.78, 5) is 39.2. The zero-order chi connectivity index (χ0) is 52.9. The molecule has 0 aromatic carbocycles. The summed E-state index contributed by atoms with van der Waals surface area (Å²) in [5, 5.41) is 67.1. The number of methoxy groups -OCH3 is 2. The van der Waals surface area contributed by atoms with Crippen LogP contribution in [0.4, 0.5) is 0 Å². The summed E-state index contributed by atoms with van der Waals surface area (Å²) >= 11 is 0. The maximum absolute atomic E-state index is 12.6. The molecule has 2 saturated heterocycles. The van der Waals surface area contributed by atoms with E-state index in [1.807, 2.05) is 78.0 Å². The summed E-state index contributed by atoms with van der Waals surface area (Å²) in [7, 11) is 1.12. The van der Waals surface area contributed by atoms with Gasteiger partial charge in [0.25, 0.3) is 5.91 Å². The van der Waals surface area contributed by atoms with E-state index in [9.17, 15) is 44.7 Å². The van der Waals surface area contributed by atoms with Crippen LogP contribution in [-0.4, -0.2) is 159 Å². The number of aromatic nitrogens is 1. The van der Waals surface area contributed by atoms with E-state index in [0.29, 0.717) is 18.0 Å². The number of rotatable bonds is 26. The Morgan fingerprint density at radius 3 is 2.36 bits per heavy atom. The highest BCUT2D eigenvalue weighted by molar-refractivity contribution is 7.46. The van der Waals surface area contributed by atoms with Crippen molar-refractivity contribution >= 4 is 19.8 Å². The van der Waals surface area contributed by atoms with Crippen molar-refractivity contribution in [1.29, 1.82) is 5.26 Å². The van der Waals surface area contributed by atoms with E-state index in [0.717, 1.165) is 16.7 Å². The maximum Gasteiger partial charge on any atom is 0.469 e. The lowest BCUT2D eigenvalue weighted by molar-refractivity contribution is -0.334. The first kappa shape index (κ1) is 60.9. The lowest BCUT2D eigenvalue weighted by atomic mass is 9.72. The average Bonchev–Trinajstić information content (AvgIpc) is 3.84. The molecular weight excluding hydrogens is 928 g/mol. The summed E-state index contributed by atoms with van der Waals surface area (Å²) in [6.45, 7) is 16.6. The van der Waals surface area contributed by atoms with Crippen molar-refractivity contribution in [2.45, 2.75) is 161 Å². The minimum absolute atomic E-state index is 0.0645. The van der Waals surface area contributed by atoms with Gasteiger partial charge in [0.15, 0.2) is 17.8 Å². The highest BCUT2D eigenvalue weighted by Crippen LogP contribution is 2.59. The Morgan fingerprint density at radius 1 is 1.09 bits per heavy atom. The number of phosphoric ester groups is 1. The summed E-state index contributed by atoms with van der Waals surface area (Å²) < 4.78 is 48.2. The van der Waals surface area contributed by atoms with E-state index >= 15 is 0 Å². The molecule has 3 rings (SSSR count). The predicted molar refractivity (Wildman–Crippen MR) is 262 cm³/mol. The molecule has 0 aliphatic carbocycles. The van der Waals surface area contributed by atoms with Gasteiger partial charge in [-0.25, -0.2) is 9.55 Å². The Kier molecular flexibility index (Phi) is 23.5. The van der Waals surface area contributed by atoms with Crippen molar-refractivity contribution in [2.75, 3.05) is 41.5 Å². The van der Waals surface area contributed by atoms with Crippen molar-refractivity contribution < 1.29 is 72.6 Å². The molecule has 8 N–H and O–H groups in total. The third-order valence-electron chi connectivity index (χ3n) is 14.0. The molecule has 1 aromatic rings. The monoisotopic (exact) mass is 1010 g/mol. The number of nitriles is 1. The van der Waals surface area contributed by atoms with Gasteiger partial charge in [-0.05, 0) is 64.9 Å². The number of ether oxygens (including phenoxy) is 4. The second kappa shape index (κ2) is 27.0. The van der Waals surface area contributed by atoms with Crippen LogP contribution >= 0.6 is 7.82 Å². The number of nitrogens with one attached hydrogen (secondary N) is 1. The van der Waals surface area contributed by atoms with E-state index < -0.39 is 97.7 Å². The van der Waals surface area contributed by atoms with Crippen LogP contribution in [0, 0.1) is 34.5 Å². The average molecular weight is 1010 g/mol. The van der Waals surface area contributed by atoms with Gasteiger partial charge in [0.2, 0.25) is 0 Å². The van der Waals surface area contributed by atoms with E-state index in [4.69, 9.17) is 33.2 Å². The predicted octanol–water partition coefficient (Wildman–Crippen LogP) is 4.69. The molecule has 396 valence electrons. The molecule has 1 spiro atoms. The normalized spacial score (nSPS) is 27.6. The molecule has 1 amide bonds. The van der Waals surface area contributed by atoms with Crippen LogP contribution in [0.15, 0.2) is 63.9 Å². The largest absolute Gasteiger partial charge is 0.469 e. The number of carbonyl (C=O) groups excluding carboxylic acids is 1. The zero-order valence-electron chi connectivity index (χ0n) is 43.1. The van der Waals surface area contributed by atoms with Crippen molar-refractivity contribution in [3.05, 3.63) is 71.0 Å². The Hall–Kier alpha value is -3.42. The second-order valence-corrected chi connectivity index (χ2v) is 21.1. The van der Waals surface area contributed by atoms with Gasteiger partial charge in [-0.3, -0.25) is 9.32 Å². The quantitative estimate of drug-likeness (QED) is 0.0355. The van der Waals surface area contributed by atoms with Crippen LogP contribution in [-0.2, 0) is 32.8 Å². The molecule has 2 aliphatic heterocycles. The van der Waals surface area contributed by atoms with Gasteiger partial charge in [0.1, 0.15) is 30.3 Å². The number of aliphatic hydroxyl groups is 5. The standard InChI is InChI=1S/C50H81N4O15P/c1-29(20-22-51)16-14-17-30(2)32(4)24-33(5)42(57)35(7)38(55)25-41(65-13)45-46(69-70(61,62)63)49(8,9)50(68-45)26-39(56)34(6)40(67-50)19-15-18-36-27-66-48(53-36)31(3)21-23-52-47(60)44(59)43(58)37(28-64-12)54(10)11/h14-18,20,24,27,31,33-35,37-46,55-59H,19,21,23,25-26,28H2,1-13H3,(H,52,60)(H2,61,62,63)/b16-14+,18-15+,29-20+,30-17+,32-24+/t31-,33+,34+,35+,37-,38-,39-,40-,41-,42+,43-,44-,45+,46+,50+/m0/s1. The van der Waals surface area contributed by atoms with Crippen LogP contribution in [0.5, 0.6) is 0 Å². The molecule has 0 saturated carbocycles. The molecule has 1 aromatic heterocycles. The van der Waals surface area contributed by atoms with Crippen molar-refractivity contribution in [3.63, 3.8) is 0 Å². The molecule has 19 nitrogen and oxygen atoms in total.